The van der Waals surface area contributed by atoms with E-state index in [4.69, 9.17) is 4.74 Å². The highest BCUT2D eigenvalue weighted by Gasteiger charge is 2.34. The van der Waals surface area contributed by atoms with Crippen LogP contribution in [-0.2, 0) is 4.74 Å². The molecule has 9 heteroatoms. The minimum atomic E-state index is 0.432. The van der Waals surface area contributed by atoms with Gasteiger partial charge in [0, 0.05) is 60.6 Å². The van der Waals surface area contributed by atoms with E-state index < -0.39 is 0 Å². The highest BCUT2D eigenvalue weighted by atomic mass is 16.5. The largest absolute Gasteiger partial charge is 0.379 e. The third-order valence-electron chi connectivity index (χ3n) is 6.29. The molecule has 1 N–H and O–H groups in total. The van der Waals surface area contributed by atoms with Gasteiger partial charge in [-0.05, 0) is 25.8 Å². The standard InChI is InChI=1S/C21H24N8O/c1-14-10-23-21-24-11-15(13-28(14)21)18-2-3-29-19(18)12-22-20(26-29)25-16-8-17(9-16)27-4-6-30-7-5-27/h2-3,10-13,16-17H,4-9H2,1H3,(H,25,26)/t16-,17-. The van der Waals surface area contributed by atoms with Crippen molar-refractivity contribution in [2.24, 2.45) is 0 Å². The molecule has 1 aliphatic carbocycles. The molecule has 6 rings (SSSR count). The molecule has 0 spiro atoms. The van der Waals surface area contributed by atoms with Crippen molar-refractivity contribution in [2.45, 2.75) is 31.8 Å². The van der Waals surface area contributed by atoms with Gasteiger partial charge in [0.05, 0.1) is 31.1 Å². The van der Waals surface area contributed by atoms with Crippen molar-refractivity contribution in [3.05, 3.63) is 42.7 Å². The monoisotopic (exact) mass is 404 g/mol. The van der Waals surface area contributed by atoms with Crippen LogP contribution in [0.3, 0.4) is 0 Å². The quantitative estimate of drug-likeness (QED) is 0.557. The summed E-state index contributed by atoms with van der Waals surface area (Å²) < 4.78 is 9.33. The van der Waals surface area contributed by atoms with Gasteiger partial charge >= 0.3 is 0 Å². The van der Waals surface area contributed by atoms with Crippen molar-refractivity contribution < 1.29 is 4.74 Å². The van der Waals surface area contributed by atoms with Gasteiger partial charge in [-0.1, -0.05) is 0 Å². The molecule has 9 nitrogen and oxygen atoms in total. The van der Waals surface area contributed by atoms with E-state index in [1.165, 1.54) is 0 Å². The van der Waals surface area contributed by atoms with E-state index in [-0.39, 0.29) is 0 Å². The molecular weight excluding hydrogens is 380 g/mol. The maximum absolute atomic E-state index is 5.45. The molecule has 0 unspecified atom stereocenters. The third kappa shape index (κ3) is 3.01. The molecule has 0 atom stereocenters. The lowest BCUT2D eigenvalue weighted by Crippen LogP contribution is -2.53. The number of nitrogens with zero attached hydrogens (tertiary/aromatic N) is 7. The molecule has 0 aromatic carbocycles. The fourth-order valence-electron chi connectivity index (χ4n) is 4.47. The number of aryl methyl sites for hydroxylation is 1. The number of fused-ring (bicyclic) bond motifs is 2. The van der Waals surface area contributed by atoms with Crippen LogP contribution in [0.15, 0.2) is 37.1 Å². The van der Waals surface area contributed by atoms with Crippen LogP contribution in [0.1, 0.15) is 18.5 Å². The predicted octanol–water partition coefficient (Wildman–Crippen LogP) is 2.02. The Labute approximate surface area is 173 Å². The molecule has 2 aliphatic rings. The second-order valence-corrected chi connectivity index (χ2v) is 8.17. The predicted molar refractivity (Wildman–Crippen MR) is 113 cm³/mol. The van der Waals surface area contributed by atoms with Gasteiger partial charge in [-0.2, -0.15) is 0 Å². The molecular formula is C21H24N8O. The summed E-state index contributed by atoms with van der Waals surface area (Å²) in [7, 11) is 0. The van der Waals surface area contributed by atoms with Gasteiger partial charge < -0.3 is 10.1 Å². The Morgan fingerprint density at radius 2 is 1.90 bits per heavy atom. The maximum Gasteiger partial charge on any atom is 0.241 e. The number of ether oxygens (including phenoxy) is 1. The zero-order chi connectivity index (χ0) is 20.1. The third-order valence-corrected chi connectivity index (χ3v) is 6.29. The lowest BCUT2D eigenvalue weighted by molar-refractivity contribution is -0.00443. The lowest BCUT2D eigenvalue weighted by Gasteiger charge is -2.44. The Balaban J connectivity index is 1.19. The highest BCUT2D eigenvalue weighted by Crippen LogP contribution is 2.29. The number of morpholine rings is 1. The van der Waals surface area contributed by atoms with Gasteiger partial charge in [0.1, 0.15) is 0 Å². The summed E-state index contributed by atoms with van der Waals surface area (Å²) in [5, 5.41) is 8.16. The molecule has 5 heterocycles. The minimum absolute atomic E-state index is 0.432. The van der Waals surface area contributed by atoms with Crippen LogP contribution in [-0.4, -0.2) is 72.3 Å². The van der Waals surface area contributed by atoms with Crippen LogP contribution in [0.2, 0.25) is 0 Å². The number of nitrogens with one attached hydrogen (secondary N) is 1. The first-order valence-electron chi connectivity index (χ1n) is 10.5. The van der Waals surface area contributed by atoms with Crippen molar-refractivity contribution in [2.75, 3.05) is 31.6 Å². The molecule has 4 aromatic heterocycles. The Bertz CT molecular complexity index is 1200. The normalized spacial score (nSPS) is 22.4. The van der Waals surface area contributed by atoms with Gasteiger partial charge in [0.25, 0.3) is 0 Å². The van der Waals surface area contributed by atoms with Crippen molar-refractivity contribution in [3.63, 3.8) is 0 Å². The summed E-state index contributed by atoms with van der Waals surface area (Å²) in [4.78, 5) is 15.9. The topological polar surface area (TPSA) is 84.9 Å². The first-order chi connectivity index (χ1) is 14.7. The molecule has 4 aromatic rings. The molecule has 1 aliphatic heterocycles. The Morgan fingerprint density at radius 1 is 1.07 bits per heavy atom. The summed E-state index contributed by atoms with van der Waals surface area (Å²) in [5.74, 6) is 1.38. The van der Waals surface area contributed by atoms with Crippen LogP contribution in [0.4, 0.5) is 5.95 Å². The number of hydrogen-bond donors (Lipinski definition) is 1. The van der Waals surface area contributed by atoms with Gasteiger partial charge in [0.2, 0.25) is 11.7 Å². The van der Waals surface area contributed by atoms with E-state index >= 15 is 0 Å². The average molecular weight is 404 g/mol. The Kier molecular flexibility index (Phi) is 4.17. The Morgan fingerprint density at radius 3 is 2.77 bits per heavy atom. The first-order valence-corrected chi connectivity index (χ1v) is 10.5. The number of hydrogen-bond acceptors (Lipinski definition) is 7. The van der Waals surface area contributed by atoms with Gasteiger partial charge in [-0.25, -0.2) is 19.5 Å². The average Bonchev–Trinajstić information content (AvgIpc) is 3.34. The summed E-state index contributed by atoms with van der Waals surface area (Å²) in [6.07, 6.45) is 11.9. The van der Waals surface area contributed by atoms with E-state index in [0.29, 0.717) is 23.8 Å². The van der Waals surface area contributed by atoms with Crippen LogP contribution in [0.25, 0.3) is 22.4 Å². The number of rotatable bonds is 4. The van der Waals surface area contributed by atoms with E-state index in [2.05, 4.69) is 42.5 Å². The molecule has 1 saturated heterocycles. The summed E-state index contributed by atoms with van der Waals surface area (Å²) in [6, 6.07) is 3.14. The van der Waals surface area contributed by atoms with Crippen LogP contribution in [0.5, 0.6) is 0 Å². The van der Waals surface area contributed by atoms with E-state index in [1.54, 1.807) is 0 Å². The fraction of sp³-hybridized carbons (Fsp3) is 0.429. The van der Waals surface area contributed by atoms with Crippen molar-refractivity contribution in [1.82, 2.24) is 33.9 Å². The zero-order valence-electron chi connectivity index (χ0n) is 16.9. The molecule has 30 heavy (non-hydrogen) atoms. The smallest absolute Gasteiger partial charge is 0.241 e. The van der Waals surface area contributed by atoms with Crippen molar-refractivity contribution >= 4 is 17.2 Å². The molecule has 154 valence electrons. The lowest BCUT2D eigenvalue weighted by atomic mass is 9.85. The van der Waals surface area contributed by atoms with Gasteiger partial charge in [0.15, 0.2) is 0 Å². The Hall–Kier alpha value is -3.04. The number of anilines is 1. The number of aromatic nitrogens is 6. The van der Waals surface area contributed by atoms with Gasteiger partial charge in [-0.3, -0.25) is 9.30 Å². The molecule has 0 amide bonds. The van der Waals surface area contributed by atoms with E-state index in [1.807, 2.05) is 40.6 Å². The van der Waals surface area contributed by atoms with Crippen LogP contribution < -0.4 is 5.32 Å². The van der Waals surface area contributed by atoms with E-state index in [0.717, 1.165) is 61.5 Å². The summed E-state index contributed by atoms with van der Waals surface area (Å²) >= 11 is 0. The highest BCUT2D eigenvalue weighted by molar-refractivity contribution is 5.79. The molecule has 0 radical (unpaired) electrons. The summed E-state index contributed by atoms with van der Waals surface area (Å²) in [6.45, 7) is 5.82. The fourth-order valence-corrected chi connectivity index (χ4v) is 4.47. The summed E-state index contributed by atoms with van der Waals surface area (Å²) in [5.41, 5.74) is 4.09. The van der Waals surface area contributed by atoms with Crippen LogP contribution in [0, 0.1) is 6.92 Å². The maximum atomic E-state index is 5.45. The van der Waals surface area contributed by atoms with E-state index in [9.17, 15) is 0 Å². The SMILES string of the molecule is Cc1cnc2ncc(-c3ccn4nc(N[C@H]5C[C@H](N6CCOCC6)C5)ncc34)cn12. The zero-order valence-corrected chi connectivity index (χ0v) is 16.9. The second-order valence-electron chi connectivity index (χ2n) is 8.17. The number of imidazole rings is 1. The second kappa shape index (κ2) is 7.03. The molecule has 0 bridgehead atoms. The minimum Gasteiger partial charge on any atom is -0.379 e. The molecule has 1 saturated carbocycles. The first kappa shape index (κ1) is 17.8. The van der Waals surface area contributed by atoms with Crippen molar-refractivity contribution in [3.8, 4) is 11.1 Å². The van der Waals surface area contributed by atoms with Gasteiger partial charge in [-0.15, -0.1) is 5.10 Å². The van der Waals surface area contributed by atoms with Crippen molar-refractivity contribution in [1.29, 1.82) is 0 Å². The molecule has 2 fully saturated rings. The van der Waals surface area contributed by atoms with Crippen LogP contribution >= 0.6 is 0 Å².